The Morgan fingerprint density at radius 1 is 1.50 bits per heavy atom. The predicted octanol–water partition coefficient (Wildman–Crippen LogP) is 1.28. The maximum Gasteiger partial charge on any atom is 0.318 e. The van der Waals surface area contributed by atoms with Crippen molar-refractivity contribution in [1.29, 1.82) is 5.41 Å². The molecule has 0 aromatic carbocycles. The van der Waals surface area contributed by atoms with Gasteiger partial charge < -0.3 is 16.0 Å². The summed E-state index contributed by atoms with van der Waals surface area (Å²) in [6.07, 6.45) is 4.37. The average Bonchev–Trinajstić information content (AvgIpc) is 2.64. The molecule has 0 unspecified atom stereocenters. The number of hydrogen-bond acceptors (Lipinski definition) is 2. The lowest BCUT2D eigenvalue weighted by molar-refractivity contribution is 0.182. The zero-order valence-corrected chi connectivity index (χ0v) is 10.1. The number of nitrogens with one attached hydrogen (secondary N) is 2. The van der Waals surface area contributed by atoms with Crippen molar-refractivity contribution in [1.82, 2.24) is 10.2 Å². The van der Waals surface area contributed by atoms with E-state index in [1.165, 1.54) is 0 Å². The Hall–Kier alpha value is -1.26. The molecule has 5 nitrogen and oxygen atoms in total. The van der Waals surface area contributed by atoms with E-state index in [0.717, 1.165) is 25.7 Å². The van der Waals surface area contributed by atoms with Gasteiger partial charge in [0, 0.05) is 12.1 Å². The molecule has 1 rings (SSSR count). The summed E-state index contributed by atoms with van der Waals surface area (Å²) in [5, 5.41) is 10.2. The Balaban J connectivity index is 2.61. The summed E-state index contributed by atoms with van der Waals surface area (Å²) in [5.74, 6) is 0.0470. The minimum absolute atomic E-state index is 0.0470. The number of carbonyl (C=O) groups is 1. The van der Waals surface area contributed by atoms with Crippen molar-refractivity contribution in [2.45, 2.75) is 51.6 Å². The molecule has 0 saturated heterocycles. The number of carbonyl (C=O) groups excluding carboxylic acids is 1. The summed E-state index contributed by atoms with van der Waals surface area (Å²) in [4.78, 5) is 13.6. The molecular formula is C11H22N4O. The summed E-state index contributed by atoms with van der Waals surface area (Å²) in [6, 6.07) is 0.267. The first-order valence-electron chi connectivity index (χ1n) is 5.90. The molecule has 16 heavy (non-hydrogen) atoms. The number of amidine groups is 1. The van der Waals surface area contributed by atoms with Gasteiger partial charge in [0.1, 0.15) is 5.84 Å². The molecule has 2 amide bonds. The first-order valence-corrected chi connectivity index (χ1v) is 5.90. The predicted molar refractivity (Wildman–Crippen MR) is 64.5 cm³/mol. The Morgan fingerprint density at radius 2 is 2.06 bits per heavy atom. The van der Waals surface area contributed by atoms with Crippen molar-refractivity contribution >= 4 is 11.9 Å². The van der Waals surface area contributed by atoms with E-state index in [0.29, 0.717) is 0 Å². The van der Waals surface area contributed by atoms with E-state index >= 15 is 0 Å². The second kappa shape index (κ2) is 5.72. The molecule has 0 radical (unpaired) electrons. The number of urea groups is 1. The highest BCUT2D eigenvalue weighted by atomic mass is 16.2. The van der Waals surface area contributed by atoms with Crippen molar-refractivity contribution in [3.05, 3.63) is 0 Å². The van der Waals surface area contributed by atoms with Crippen LogP contribution in [-0.4, -0.2) is 35.4 Å². The number of nitrogens with zero attached hydrogens (tertiary/aromatic N) is 1. The average molecular weight is 226 g/mol. The van der Waals surface area contributed by atoms with Gasteiger partial charge in [0.2, 0.25) is 0 Å². The van der Waals surface area contributed by atoms with Crippen LogP contribution in [0.3, 0.4) is 0 Å². The van der Waals surface area contributed by atoms with Gasteiger partial charge in [-0.05, 0) is 26.7 Å². The molecule has 1 aliphatic carbocycles. The van der Waals surface area contributed by atoms with E-state index in [-0.39, 0.29) is 30.5 Å². The topological polar surface area (TPSA) is 82.2 Å². The molecule has 1 aliphatic rings. The summed E-state index contributed by atoms with van der Waals surface area (Å²) >= 11 is 0. The maximum absolute atomic E-state index is 11.9. The minimum atomic E-state index is -0.0999. The second-order valence-corrected chi connectivity index (χ2v) is 4.70. The Labute approximate surface area is 96.9 Å². The molecule has 4 N–H and O–H groups in total. The number of amides is 2. The highest BCUT2D eigenvalue weighted by Gasteiger charge is 2.27. The van der Waals surface area contributed by atoms with Crippen LogP contribution in [-0.2, 0) is 0 Å². The SMILES string of the molecule is CC(C)NC(=O)N(CC(=N)N)C1CCCC1. The molecule has 0 atom stereocenters. The van der Waals surface area contributed by atoms with Gasteiger partial charge in [0.05, 0.1) is 6.54 Å². The van der Waals surface area contributed by atoms with Crippen LogP contribution >= 0.6 is 0 Å². The van der Waals surface area contributed by atoms with Gasteiger partial charge in [-0.25, -0.2) is 4.79 Å². The lowest BCUT2D eigenvalue weighted by Crippen LogP contribution is -2.50. The Morgan fingerprint density at radius 3 is 2.50 bits per heavy atom. The lowest BCUT2D eigenvalue weighted by atomic mass is 10.2. The van der Waals surface area contributed by atoms with Crippen molar-refractivity contribution in [2.24, 2.45) is 5.73 Å². The maximum atomic E-state index is 11.9. The van der Waals surface area contributed by atoms with Crippen molar-refractivity contribution in [3.8, 4) is 0 Å². The van der Waals surface area contributed by atoms with Crippen LogP contribution in [0.15, 0.2) is 0 Å². The summed E-state index contributed by atoms with van der Waals surface area (Å²) in [6.45, 7) is 4.10. The molecule has 0 spiro atoms. The Bertz CT molecular complexity index is 259. The summed E-state index contributed by atoms with van der Waals surface area (Å²) < 4.78 is 0. The van der Waals surface area contributed by atoms with Gasteiger partial charge in [0.15, 0.2) is 0 Å². The third-order valence-corrected chi connectivity index (χ3v) is 2.78. The van der Waals surface area contributed by atoms with Crippen LogP contribution in [0.1, 0.15) is 39.5 Å². The van der Waals surface area contributed by atoms with Gasteiger partial charge in [-0.1, -0.05) is 12.8 Å². The van der Waals surface area contributed by atoms with Crippen LogP contribution in [0, 0.1) is 5.41 Å². The number of nitrogens with two attached hydrogens (primary N) is 1. The molecule has 92 valence electrons. The smallest absolute Gasteiger partial charge is 0.318 e. The van der Waals surface area contributed by atoms with Crippen molar-refractivity contribution in [2.75, 3.05) is 6.54 Å². The fourth-order valence-electron chi connectivity index (χ4n) is 2.10. The molecule has 1 fully saturated rings. The van der Waals surface area contributed by atoms with Crippen LogP contribution in [0.2, 0.25) is 0 Å². The van der Waals surface area contributed by atoms with E-state index < -0.39 is 0 Å². The van der Waals surface area contributed by atoms with Gasteiger partial charge in [-0.3, -0.25) is 5.41 Å². The van der Waals surface area contributed by atoms with E-state index in [9.17, 15) is 4.79 Å². The fourth-order valence-corrected chi connectivity index (χ4v) is 2.10. The van der Waals surface area contributed by atoms with Crippen LogP contribution in [0.5, 0.6) is 0 Å². The molecule has 1 saturated carbocycles. The zero-order valence-electron chi connectivity index (χ0n) is 10.1. The standard InChI is InChI=1S/C11H22N4O/c1-8(2)14-11(16)15(7-10(12)13)9-5-3-4-6-9/h8-9H,3-7H2,1-2H3,(H3,12,13)(H,14,16). The Kier molecular flexibility index (Phi) is 4.58. The van der Waals surface area contributed by atoms with Crippen LogP contribution < -0.4 is 11.1 Å². The van der Waals surface area contributed by atoms with Crippen molar-refractivity contribution < 1.29 is 4.79 Å². The van der Waals surface area contributed by atoms with Gasteiger partial charge >= 0.3 is 6.03 Å². The summed E-state index contributed by atoms with van der Waals surface area (Å²) in [5.41, 5.74) is 5.39. The molecule has 5 heteroatoms. The second-order valence-electron chi connectivity index (χ2n) is 4.70. The monoisotopic (exact) mass is 226 g/mol. The van der Waals surface area contributed by atoms with E-state index in [4.69, 9.17) is 11.1 Å². The van der Waals surface area contributed by atoms with Gasteiger partial charge in [-0.15, -0.1) is 0 Å². The normalized spacial score (nSPS) is 16.4. The third kappa shape index (κ3) is 3.72. The molecule has 0 aliphatic heterocycles. The van der Waals surface area contributed by atoms with Gasteiger partial charge in [0.25, 0.3) is 0 Å². The molecule has 0 aromatic heterocycles. The highest BCUT2D eigenvalue weighted by molar-refractivity contribution is 5.84. The zero-order chi connectivity index (χ0) is 12.1. The minimum Gasteiger partial charge on any atom is -0.386 e. The number of hydrogen-bond donors (Lipinski definition) is 3. The quantitative estimate of drug-likeness (QED) is 0.498. The molecule has 0 heterocycles. The lowest BCUT2D eigenvalue weighted by Gasteiger charge is -2.29. The molecular weight excluding hydrogens is 204 g/mol. The first kappa shape index (κ1) is 12.8. The van der Waals surface area contributed by atoms with E-state index in [2.05, 4.69) is 5.32 Å². The number of rotatable bonds is 4. The van der Waals surface area contributed by atoms with Crippen molar-refractivity contribution in [3.63, 3.8) is 0 Å². The highest BCUT2D eigenvalue weighted by Crippen LogP contribution is 2.23. The first-order chi connectivity index (χ1) is 7.50. The fraction of sp³-hybridized carbons (Fsp3) is 0.818. The van der Waals surface area contributed by atoms with Gasteiger partial charge in [-0.2, -0.15) is 0 Å². The van der Waals surface area contributed by atoms with Crippen LogP contribution in [0.25, 0.3) is 0 Å². The largest absolute Gasteiger partial charge is 0.386 e. The van der Waals surface area contributed by atoms with Crippen LogP contribution in [0.4, 0.5) is 4.79 Å². The third-order valence-electron chi connectivity index (χ3n) is 2.78. The van der Waals surface area contributed by atoms with E-state index in [1.54, 1.807) is 4.90 Å². The molecule has 0 bridgehead atoms. The molecule has 0 aromatic rings. The van der Waals surface area contributed by atoms with E-state index in [1.807, 2.05) is 13.8 Å². The summed E-state index contributed by atoms with van der Waals surface area (Å²) in [7, 11) is 0.